The predicted octanol–water partition coefficient (Wildman–Crippen LogP) is 5.26. The molecule has 0 amide bonds. The molecule has 1 aliphatic rings. The molecule has 0 fully saturated rings. The van der Waals surface area contributed by atoms with Crippen molar-refractivity contribution in [1.82, 2.24) is 0 Å². The molecule has 0 spiro atoms. The summed E-state index contributed by atoms with van der Waals surface area (Å²) in [5.41, 5.74) is 2.49. The fourth-order valence-electron chi connectivity index (χ4n) is 3.10. The summed E-state index contributed by atoms with van der Waals surface area (Å²) in [4.78, 5) is 11.4. The van der Waals surface area contributed by atoms with Crippen LogP contribution < -0.4 is 4.74 Å². The molecule has 0 saturated carbocycles. The van der Waals surface area contributed by atoms with Gasteiger partial charge in [-0.15, -0.1) is 0 Å². The largest absolute Gasteiger partial charge is 0.494 e. The Balaban J connectivity index is 1.59. The van der Waals surface area contributed by atoms with Crippen LogP contribution in [0.4, 0.5) is 0 Å². The molecule has 22 heavy (non-hydrogen) atoms. The van der Waals surface area contributed by atoms with Gasteiger partial charge in [-0.2, -0.15) is 0 Å². The lowest BCUT2D eigenvalue weighted by atomic mass is 9.91. The molecule has 2 nitrogen and oxygen atoms in total. The number of unbranched alkanes of at least 4 members (excludes halogenated alkanes) is 7. The highest BCUT2D eigenvalue weighted by molar-refractivity contribution is 5.83. The highest BCUT2D eigenvalue weighted by Gasteiger charge is 2.15. The number of rotatable bonds is 10. The van der Waals surface area contributed by atoms with Crippen molar-refractivity contribution in [2.24, 2.45) is 0 Å². The first-order valence-electron chi connectivity index (χ1n) is 9.06. The van der Waals surface area contributed by atoms with Gasteiger partial charge in [0, 0.05) is 12.8 Å². The van der Waals surface area contributed by atoms with Gasteiger partial charge in [-0.1, -0.05) is 57.9 Å². The second-order valence-corrected chi connectivity index (χ2v) is 6.47. The minimum absolute atomic E-state index is 0.361. The smallest absolute Gasteiger partial charge is 0.137 e. The minimum Gasteiger partial charge on any atom is -0.494 e. The number of carbonyl (C=O) groups excluding carboxylic acids is 1. The molecule has 2 heteroatoms. The lowest BCUT2D eigenvalue weighted by molar-refractivity contribution is -0.118. The average molecular weight is 302 g/mol. The Morgan fingerprint density at radius 3 is 2.41 bits per heavy atom. The van der Waals surface area contributed by atoms with E-state index in [0.717, 1.165) is 25.2 Å². The van der Waals surface area contributed by atoms with Gasteiger partial charge in [0.05, 0.1) is 6.61 Å². The van der Waals surface area contributed by atoms with E-state index < -0.39 is 0 Å². The number of fused-ring (bicyclic) bond motifs is 1. The lowest BCUT2D eigenvalue weighted by Gasteiger charge is -2.16. The monoisotopic (exact) mass is 302 g/mol. The van der Waals surface area contributed by atoms with E-state index in [0.29, 0.717) is 18.6 Å². The summed E-state index contributed by atoms with van der Waals surface area (Å²) in [6.45, 7) is 3.07. The van der Waals surface area contributed by atoms with E-state index in [9.17, 15) is 4.79 Å². The number of aryl methyl sites for hydroxylation is 1. The van der Waals surface area contributed by atoms with E-state index in [2.05, 4.69) is 19.1 Å². The maximum absolute atomic E-state index is 11.4. The van der Waals surface area contributed by atoms with Crippen LogP contribution in [0.1, 0.15) is 75.8 Å². The average Bonchev–Trinajstić information content (AvgIpc) is 2.53. The van der Waals surface area contributed by atoms with Gasteiger partial charge in [0.15, 0.2) is 0 Å². The molecule has 0 saturated heterocycles. The van der Waals surface area contributed by atoms with Crippen molar-refractivity contribution in [3.8, 4) is 5.75 Å². The van der Waals surface area contributed by atoms with Crippen LogP contribution in [0.25, 0.3) is 0 Å². The Kier molecular flexibility index (Phi) is 7.48. The van der Waals surface area contributed by atoms with E-state index in [1.54, 1.807) is 0 Å². The minimum atomic E-state index is 0.361. The fraction of sp³-hybridized carbons (Fsp3) is 0.650. The third kappa shape index (κ3) is 5.82. The number of hydrogen-bond acceptors (Lipinski definition) is 2. The van der Waals surface area contributed by atoms with Crippen LogP contribution in [0.5, 0.6) is 5.75 Å². The number of benzene rings is 1. The standard InChI is InChI=1S/C20H30O2/c1-2-3-4-5-6-7-8-9-14-22-20-13-11-17-15-19(21)12-10-18(17)16-20/h11,13,16H,2-10,12,14-15H2,1H3. The van der Waals surface area contributed by atoms with E-state index in [1.165, 1.54) is 56.1 Å². The Bertz CT molecular complexity index is 465. The third-order valence-electron chi connectivity index (χ3n) is 4.51. The van der Waals surface area contributed by atoms with Gasteiger partial charge >= 0.3 is 0 Å². The van der Waals surface area contributed by atoms with Gasteiger partial charge < -0.3 is 4.74 Å². The maximum Gasteiger partial charge on any atom is 0.137 e. The molecule has 0 radical (unpaired) electrons. The normalized spacial score (nSPS) is 14.0. The first kappa shape index (κ1) is 17.1. The van der Waals surface area contributed by atoms with Crippen molar-refractivity contribution in [3.05, 3.63) is 29.3 Å². The van der Waals surface area contributed by atoms with Crippen molar-refractivity contribution in [3.63, 3.8) is 0 Å². The lowest BCUT2D eigenvalue weighted by Crippen LogP contribution is -2.13. The highest BCUT2D eigenvalue weighted by atomic mass is 16.5. The van der Waals surface area contributed by atoms with E-state index in [-0.39, 0.29) is 0 Å². The molecule has 1 aliphatic carbocycles. The number of Topliss-reactive ketones (excluding diaryl/α,β-unsaturated/α-hetero) is 1. The second-order valence-electron chi connectivity index (χ2n) is 6.47. The van der Waals surface area contributed by atoms with Crippen LogP contribution in [0.3, 0.4) is 0 Å². The topological polar surface area (TPSA) is 26.3 Å². The molecular formula is C20H30O2. The quantitative estimate of drug-likeness (QED) is 0.551. The molecular weight excluding hydrogens is 272 g/mol. The van der Waals surface area contributed by atoms with E-state index >= 15 is 0 Å². The van der Waals surface area contributed by atoms with Crippen LogP contribution >= 0.6 is 0 Å². The summed E-state index contributed by atoms with van der Waals surface area (Å²) in [6.07, 6.45) is 12.8. The Hall–Kier alpha value is -1.31. The zero-order valence-electron chi connectivity index (χ0n) is 14.0. The highest BCUT2D eigenvalue weighted by Crippen LogP contribution is 2.24. The van der Waals surface area contributed by atoms with Gasteiger partial charge in [-0.25, -0.2) is 0 Å². The van der Waals surface area contributed by atoms with Crippen molar-refractivity contribution in [2.45, 2.75) is 77.6 Å². The predicted molar refractivity (Wildman–Crippen MR) is 91.6 cm³/mol. The molecule has 0 aromatic heterocycles. The molecule has 0 N–H and O–H groups in total. The van der Waals surface area contributed by atoms with Crippen LogP contribution in [0.2, 0.25) is 0 Å². The summed E-state index contributed by atoms with van der Waals surface area (Å²) >= 11 is 0. The van der Waals surface area contributed by atoms with Crippen LogP contribution in [-0.4, -0.2) is 12.4 Å². The van der Waals surface area contributed by atoms with Crippen LogP contribution in [-0.2, 0) is 17.6 Å². The van der Waals surface area contributed by atoms with E-state index in [4.69, 9.17) is 4.74 Å². The Morgan fingerprint density at radius 2 is 1.64 bits per heavy atom. The van der Waals surface area contributed by atoms with Gasteiger partial charge in [0.1, 0.15) is 11.5 Å². The van der Waals surface area contributed by atoms with Crippen molar-refractivity contribution in [1.29, 1.82) is 0 Å². The summed E-state index contributed by atoms with van der Waals surface area (Å²) in [6, 6.07) is 6.21. The number of ketones is 1. The van der Waals surface area contributed by atoms with Crippen LogP contribution in [0, 0.1) is 0 Å². The van der Waals surface area contributed by atoms with Crippen molar-refractivity contribution in [2.75, 3.05) is 6.61 Å². The molecule has 1 aromatic carbocycles. The molecule has 0 unspecified atom stereocenters. The first-order chi connectivity index (χ1) is 10.8. The zero-order chi connectivity index (χ0) is 15.6. The van der Waals surface area contributed by atoms with Gasteiger partial charge in [0.2, 0.25) is 0 Å². The molecule has 0 atom stereocenters. The third-order valence-corrected chi connectivity index (χ3v) is 4.51. The molecule has 0 bridgehead atoms. The number of hydrogen-bond donors (Lipinski definition) is 0. The SMILES string of the molecule is CCCCCCCCCCOc1ccc2c(c1)CCC(=O)C2. The van der Waals surface area contributed by atoms with Crippen molar-refractivity contribution >= 4 is 5.78 Å². The first-order valence-corrected chi connectivity index (χ1v) is 9.06. The van der Waals surface area contributed by atoms with Gasteiger partial charge in [-0.3, -0.25) is 4.79 Å². The van der Waals surface area contributed by atoms with Crippen LogP contribution in [0.15, 0.2) is 18.2 Å². The molecule has 0 aliphatic heterocycles. The number of carbonyl (C=O) groups is 1. The summed E-state index contributed by atoms with van der Waals surface area (Å²) in [5.74, 6) is 1.33. The molecule has 0 heterocycles. The second kappa shape index (κ2) is 9.66. The zero-order valence-corrected chi connectivity index (χ0v) is 14.0. The van der Waals surface area contributed by atoms with Gasteiger partial charge in [-0.05, 0) is 36.1 Å². The summed E-state index contributed by atoms with van der Waals surface area (Å²) in [5, 5.41) is 0. The Morgan fingerprint density at radius 1 is 0.909 bits per heavy atom. The van der Waals surface area contributed by atoms with E-state index in [1.807, 2.05) is 6.07 Å². The summed E-state index contributed by atoms with van der Waals surface area (Å²) < 4.78 is 5.86. The number of ether oxygens (including phenoxy) is 1. The van der Waals surface area contributed by atoms with Crippen molar-refractivity contribution < 1.29 is 9.53 Å². The summed E-state index contributed by atoms with van der Waals surface area (Å²) in [7, 11) is 0. The molecule has 1 aromatic rings. The molecule has 2 rings (SSSR count). The maximum atomic E-state index is 11.4. The Labute approximate surface area is 135 Å². The van der Waals surface area contributed by atoms with Gasteiger partial charge in [0.25, 0.3) is 0 Å². The fourth-order valence-corrected chi connectivity index (χ4v) is 3.10. The molecule has 122 valence electrons.